The zero-order chi connectivity index (χ0) is 12.2. The molecule has 1 aliphatic rings. The number of rotatable bonds is 1. The highest BCUT2D eigenvalue weighted by atomic mass is 16.3. The number of allylic oxidation sites excluding steroid dienone is 3. The second-order valence-corrected chi connectivity index (χ2v) is 5.16. The molecule has 0 saturated carbocycles. The van der Waals surface area contributed by atoms with Crippen LogP contribution in [0.4, 0.5) is 0 Å². The topological polar surface area (TPSA) is 20.2 Å². The van der Waals surface area contributed by atoms with Gasteiger partial charge in [-0.3, -0.25) is 0 Å². The lowest BCUT2D eigenvalue weighted by molar-refractivity contribution is 0.0725. The summed E-state index contributed by atoms with van der Waals surface area (Å²) in [7, 11) is 0. The van der Waals surface area contributed by atoms with E-state index in [-0.39, 0.29) is 0 Å². The molecule has 0 fully saturated rings. The van der Waals surface area contributed by atoms with E-state index in [4.69, 9.17) is 0 Å². The molecule has 0 aromatic heterocycles. The van der Waals surface area contributed by atoms with Gasteiger partial charge in [-0.15, -0.1) is 0 Å². The van der Waals surface area contributed by atoms with Crippen molar-refractivity contribution in [3.63, 3.8) is 0 Å². The highest BCUT2D eigenvalue weighted by Crippen LogP contribution is 2.29. The molecule has 0 radical (unpaired) electrons. The molecular weight excluding hydrogens is 196 g/mol. The minimum absolute atomic E-state index is 0.710. The first-order valence-electron chi connectivity index (χ1n) is 6.14. The Kier molecular flexibility index (Phi) is 4.55. The van der Waals surface area contributed by atoms with E-state index in [9.17, 15) is 5.11 Å². The predicted molar refractivity (Wildman–Crippen MR) is 70.4 cm³/mol. The lowest BCUT2D eigenvalue weighted by atomic mass is 9.84. The van der Waals surface area contributed by atoms with Gasteiger partial charge in [0.1, 0.15) is 0 Å². The van der Waals surface area contributed by atoms with Crippen molar-refractivity contribution < 1.29 is 5.11 Å². The Morgan fingerprint density at radius 2 is 1.88 bits per heavy atom. The summed E-state index contributed by atoms with van der Waals surface area (Å²) >= 11 is 0. The monoisotopic (exact) mass is 220 g/mol. The zero-order valence-electron chi connectivity index (χ0n) is 10.8. The molecule has 0 spiro atoms. The molecule has 1 aliphatic carbocycles. The van der Waals surface area contributed by atoms with Crippen molar-refractivity contribution in [2.24, 2.45) is 0 Å². The number of hydrogen-bond acceptors (Lipinski definition) is 1. The molecule has 0 amide bonds. The minimum Gasteiger partial charge on any atom is -0.385 e. The van der Waals surface area contributed by atoms with Crippen molar-refractivity contribution in [3.05, 3.63) is 35.5 Å². The Morgan fingerprint density at radius 1 is 1.25 bits per heavy atom. The van der Waals surface area contributed by atoms with Crippen LogP contribution in [0.3, 0.4) is 0 Å². The highest BCUT2D eigenvalue weighted by molar-refractivity contribution is 5.17. The van der Waals surface area contributed by atoms with Gasteiger partial charge in [-0.1, -0.05) is 29.9 Å². The van der Waals surface area contributed by atoms with E-state index < -0.39 is 5.60 Å². The third-order valence-electron chi connectivity index (χ3n) is 3.55. The van der Waals surface area contributed by atoms with Crippen LogP contribution in [-0.4, -0.2) is 10.7 Å². The van der Waals surface area contributed by atoms with E-state index in [1.54, 1.807) is 0 Å². The molecule has 90 valence electrons. The fraction of sp³-hybridized carbons (Fsp3) is 0.600. The molecule has 0 heterocycles. The third-order valence-corrected chi connectivity index (χ3v) is 3.55. The summed E-state index contributed by atoms with van der Waals surface area (Å²) in [4.78, 5) is 0. The largest absolute Gasteiger partial charge is 0.385 e. The van der Waals surface area contributed by atoms with Crippen LogP contribution >= 0.6 is 0 Å². The average Bonchev–Trinajstić information content (AvgIpc) is 2.22. The van der Waals surface area contributed by atoms with Crippen LogP contribution in [0.25, 0.3) is 0 Å². The third kappa shape index (κ3) is 3.64. The second-order valence-electron chi connectivity index (χ2n) is 5.16. The van der Waals surface area contributed by atoms with Crippen LogP contribution in [0, 0.1) is 0 Å². The van der Waals surface area contributed by atoms with E-state index in [1.165, 1.54) is 11.1 Å². The van der Waals surface area contributed by atoms with Gasteiger partial charge in [0, 0.05) is 0 Å². The van der Waals surface area contributed by atoms with E-state index in [2.05, 4.69) is 32.6 Å². The molecule has 1 rings (SSSR count). The summed E-state index contributed by atoms with van der Waals surface area (Å²) in [6.45, 7) is 10.1. The normalized spacial score (nSPS) is 34.5. The fourth-order valence-electron chi connectivity index (χ4n) is 1.99. The maximum atomic E-state index is 10.5. The zero-order valence-corrected chi connectivity index (χ0v) is 10.8. The van der Waals surface area contributed by atoms with Crippen LogP contribution < -0.4 is 0 Å². The van der Waals surface area contributed by atoms with Crippen molar-refractivity contribution in [2.45, 2.75) is 58.5 Å². The molecule has 0 saturated heterocycles. The molecule has 0 unspecified atom stereocenters. The molecule has 1 heteroatoms. The van der Waals surface area contributed by atoms with Crippen LogP contribution in [0.5, 0.6) is 0 Å². The molecule has 1 atom stereocenters. The van der Waals surface area contributed by atoms with Gasteiger partial charge >= 0.3 is 0 Å². The smallest absolute Gasteiger partial charge is 0.0888 e. The van der Waals surface area contributed by atoms with E-state index in [0.29, 0.717) is 6.42 Å². The lowest BCUT2D eigenvalue weighted by Gasteiger charge is -2.28. The van der Waals surface area contributed by atoms with Crippen molar-refractivity contribution in [1.29, 1.82) is 0 Å². The Bertz CT molecular complexity index is 322. The summed E-state index contributed by atoms with van der Waals surface area (Å²) in [6.07, 6.45) is 9.15. The van der Waals surface area contributed by atoms with Crippen molar-refractivity contribution in [2.75, 3.05) is 0 Å². The van der Waals surface area contributed by atoms with Crippen molar-refractivity contribution in [1.82, 2.24) is 0 Å². The Morgan fingerprint density at radius 3 is 2.50 bits per heavy atom. The van der Waals surface area contributed by atoms with Gasteiger partial charge in [-0.25, -0.2) is 0 Å². The van der Waals surface area contributed by atoms with Gasteiger partial charge in [-0.2, -0.15) is 0 Å². The molecule has 0 aromatic rings. The standard InChI is InChI=1S/C15H24O/c1-12(2)15(16)10-8-13(3)6-5-7-14(4)9-11-15/h6,9,16H,1,5,7-8,10-11H2,2-4H3/b13-6+,14-9+/t15-/m1/s1. The van der Waals surface area contributed by atoms with Crippen LogP contribution in [-0.2, 0) is 0 Å². The summed E-state index contributed by atoms with van der Waals surface area (Å²) < 4.78 is 0. The minimum atomic E-state index is -0.715. The van der Waals surface area contributed by atoms with Gasteiger partial charge in [0.25, 0.3) is 0 Å². The van der Waals surface area contributed by atoms with Gasteiger partial charge in [0.2, 0.25) is 0 Å². The van der Waals surface area contributed by atoms with E-state index in [1.807, 2.05) is 6.92 Å². The molecule has 0 aliphatic heterocycles. The Balaban J connectivity index is 2.87. The quantitative estimate of drug-likeness (QED) is 0.658. The van der Waals surface area contributed by atoms with Crippen molar-refractivity contribution in [3.8, 4) is 0 Å². The summed E-state index contributed by atoms with van der Waals surface area (Å²) in [5.74, 6) is 0. The summed E-state index contributed by atoms with van der Waals surface area (Å²) in [6, 6.07) is 0. The number of hydrogen-bond donors (Lipinski definition) is 1. The van der Waals surface area contributed by atoms with Gasteiger partial charge in [0.15, 0.2) is 0 Å². The molecule has 16 heavy (non-hydrogen) atoms. The van der Waals surface area contributed by atoms with Gasteiger partial charge in [-0.05, 0) is 58.4 Å². The maximum absolute atomic E-state index is 10.5. The van der Waals surface area contributed by atoms with Crippen LogP contribution in [0.15, 0.2) is 35.5 Å². The average molecular weight is 220 g/mol. The van der Waals surface area contributed by atoms with Crippen LogP contribution in [0.2, 0.25) is 0 Å². The summed E-state index contributed by atoms with van der Waals surface area (Å²) in [5, 5.41) is 10.5. The van der Waals surface area contributed by atoms with Crippen LogP contribution in [0.1, 0.15) is 52.9 Å². The summed E-state index contributed by atoms with van der Waals surface area (Å²) in [5.41, 5.74) is 2.91. The molecule has 0 aromatic carbocycles. The molecule has 1 nitrogen and oxygen atoms in total. The Labute approximate surface area is 99.6 Å². The lowest BCUT2D eigenvalue weighted by Crippen LogP contribution is -2.29. The van der Waals surface area contributed by atoms with Gasteiger partial charge < -0.3 is 5.11 Å². The molecule has 0 bridgehead atoms. The van der Waals surface area contributed by atoms with Gasteiger partial charge in [0.05, 0.1) is 5.60 Å². The first-order valence-corrected chi connectivity index (χ1v) is 6.14. The Hall–Kier alpha value is -0.820. The maximum Gasteiger partial charge on any atom is 0.0888 e. The molecular formula is C15H24O. The fourth-order valence-corrected chi connectivity index (χ4v) is 1.99. The molecule has 1 N–H and O–H groups in total. The first-order chi connectivity index (χ1) is 7.44. The van der Waals surface area contributed by atoms with E-state index >= 15 is 0 Å². The second kappa shape index (κ2) is 5.49. The van der Waals surface area contributed by atoms with Crippen molar-refractivity contribution >= 4 is 0 Å². The SMILES string of the molecule is C=C(C)[C@]1(O)C/C=C(\C)CC/C=C(\C)CC1. The number of aliphatic hydroxyl groups is 1. The predicted octanol–water partition coefficient (Wildman–Crippen LogP) is 4.15. The highest BCUT2D eigenvalue weighted by Gasteiger charge is 2.26. The van der Waals surface area contributed by atoms with E-state index in [0.717, 1.165) is 31.3 Å². The first kappa shape index (κ1) is 13.2.